The van der Waals surface area contributed by atoms with Crippen molar-refractivity contribution in [2.75, 3.05) is 20.3 Å². The fourth-order valence-corrected chi connectivity index (χ4v) is 2.12. The molecule has 4 heteroatoms. The number of hydrogen-bond donors (Lipinski definition) is 1. The molecule has 0 heterocycles. The van der Waals surface area contributed by atoms with Crippen molar-refractivity contribution in [1.29, 1.82) is 0 Å². The zero-order valence-corrected chi connectivity index (χ0v) is 11.2. The average Bonchev–Trinajstić information content (AvgIpc) is 2.26. The van der Waals surface area contributed by atoms with E-state index in [4.69, 9.17) is 9.47 Å². The molecule has 0 spiro atoms. The lowest BCUT2D eigenvalue weighted by Crippen LogP contribution is -2.04. The molecule has 90 valence electrons. The maximum Gasteiger partial charge on any atom is 0.127 e. The second-order valence-corrected chi connectivity index (χ2v) is 4.48. The van der Waals surface area contributed by atoms with Gasteiger partial charge in [0, 0.05) is 30.2 Å². The number of benzene rings is 1. The van der Waals surface area contributed by atoms with Crippen molar-refractivity contribution >= 4 is 15.9 Å². The highest BCUT2D eigenvalue weighted by Crippen LogP contribution is 2.28. The molecule has 16 heavy (non-hydrogen) atoms. The van der Waals surface area contributed by atoms with E-state index < -0.39 is 0 Å². The maximum absolute atomic E-state index is 9.24. The fourth-order valence-electron chi connectivity index (χ4n) is 1.50. The molecule has 3 nitrogen and oxygen atoms in total. The Hall–Kier alpha value is -0.580. The van der Waals surface area contributed by atoms with E-state index in [1.54, 1.807) is 7.11 Å². The third-order valence-electron chi connectivity index (χ3n) is 2.23. The van der Waals surface area contributed by atoms with Crippen molar-refractivity contribution in [2.24, 2.45) is 0 Å². The van der Waals surface area contributed by atoms with Gasteiger partial charge in [0.1, 0.15) is 5.75 Å². The molecule has 1 aromatic rings. The zero-order valence-electron chi connectivity index (χ0n) is 9.62. The largest absolute Gasteiger partial charge is 0.493 e. The molecule has 0 saturated heterocycles. The molecule has 0 unspecified atom stereocenters. The lowest BCUT2D eigenvalue weighted by atomic mass is 10.1. The highest BCUT2D eigenvalue weighted by Gasteiger charge is 2.08. The first kappa shape index (κ1) is 13.5. The minimum absolute atomic E-state index is 0.0140. The first-order valence-corrected chi connectivity index (χ1v) is 6.00. The summed E-state index contributed by atoms with van der Waals surface area (Å²) in [6, 6.07) is 3.85. The van der Waals surface area contributed by atoms with Gasteiger partial charge >= 0.3 is 0 Å². The molecule has 0 aliphatic heterocycles. The number of halogens is 1. The van der Waals surface area contributed by atoms with Crippen LogP contribution in [0.1, 0.15) is 17.5 Å². The number of methoxy groups -OCH3 is 1. The van der Waals surface area contributed by atoms with Crippen LogP contribution in [0.2, 0.25) is 0 Å². The van der Waals surface area contributed by atoms with Crippen LogP contribution in [0.25, 0.3) is 0 Å². The van der Waals surface area contributed by atoms with Gasteiger partial charge in [-0.15, -0.1) is 0 Å². The topological polar surface area (TPSA) is 38.7 Å². The van der Waals surface area contributed by atoms with Crippen molar-refractivity contribution in [3.63, 3.8) is 0 Å². The molecule has 1 N–H and O–H groups in total. The summed E-state index contributed by atoms with van der Waals surface area (Å²) in [4.78, 5) is 0. The van der Waals surface area contributed by atoms with Gasteiger partial charge in [-0.3, -0.25) is 0 Å². The van der Waals surface area contributed by atoms with Gasteiger partial charge in [0.2, 0.25) is 0 Å². The first-order valence-electron chi connectivity index (χ1n) is 5.20. The molecule has 0 aliphatic carbocycles. The number of ether oxygens (including phenoxy) is 2. The van der Waals surface area contributed by atoms with Gasteiger partial charge in [-0.1, -0.05) is 15.9 Å². The van der Waals surface area contributed by atoms with Crippen molar-refractivity contribution in [2.45, 2.75) is 20.0 Å². The minimum atomic E-state index is -0.0140. The van der Waals surface area contributed by atoms with E-state index in [1.165, 1.54) is 0 Å². The van der Waals surface area contributed by atoms with Crippen LogP contribution in [0, 0.1) is 6.92 Å². The zero-order chi connectivity index (χ0) is 12.0. The summed E-state index contributed by atoms with van der Waals surface area (Å²) in [5, 5.41) is 9.24. The van der Waals surface area contributed by atoms with E-state index in [0.717, 1.165) is 27.8 Å². The summed E-state index contributed by atoms with van der Waals surface area (Å²) in [5.74, 6) is 0.779. The Kier molecular flexibility index (Phi) is 5.80. The molecule has 1 rings (SSSR count). The Morgan fingerprint density at radius 1 is 1.31 bits per heavy atom. The Morgan fingerprint density at radius 3 is 2.69 bits per heavy atom. The molecule has 0 atom stereocenters. The van der Waals surface area contributed by atoms with Gasteiger partial charge in [-0.2, -0.15) is 0 Å². The van der Waals surface area contributed by atoms with Gasteiger partial charge in [0.05, 0.1) is 13.2 Å². The second-order valence-electron chi connectivity index (χ2n) is 3.56. The van der Waals surface area contributed by atoms with Crippen LogP contribution in [0.4, 0.5) is 0 Å². The molecule has 0 bridgehead atoms. The summed E-state index contributed by atoms with van der Waals surface area (Å²) < 4.78 is 11.6. The highest BCUT2D eigenvalue weighted by molar-refractivity contribution is 9.10. The summed E-state index contributed by atoms with van der Waals surface area (Å²) in [5.41, 5.74) is 1.83. The lowest BCUT2D eigenvalue weighted by Gasteiger charge is -2.13. The molecule has 0 saturated carbocycles. The monoisotopic (exact) mass is 288 g/mol. The van der Waals surface area contributed by atoms with E-state index in [-0.39, 0.29) is 6.61 Å². The molecular formula is C12H17BrO3. The van der Waals surface area contributed by atoms with Crippen LogP contribution >= 0.6 is 15.9 Å². The highest BCUT2D eigenvalue weighted by atomic mass is 79.9. The predicted molar refractivity (Wildman–Crippen MR) is 66.8 cm³/mol. The lowest BCUT2D eigenvalue weighted by molar-refractivity contribution is 0.170. The number of aliphatic hydroxyl groups is 1. The van der Waals surface area contributed by atoms with Gasteiger partial charge in [0.15, 0.2) is 0 Å². The SMILES string of the molecule is COCCCOc1c(C)cc(Br)cc1CO. The second kappa shape index (κ2) is 6.89. The van der Waals surface area contributed by atoms with E-state index in [2.05, 4.69) is 15.9 Å². The van der Waals surface area contributed by atoms with E-state index in [0.29, 0.717) is 13.2 Å². The Labute approximate surface area is 105 Å². The van der Waals surface area contributed by atoms with E-state index >= 15 is 0 Å². The smallest absolute Gasteiger partial charge is 0.127 e. The van der Waals surface area contributed by atoms with Crippen molar-refractivity contribution in [3.05, 3.63) is 27.7 Å². The van der Waals surface area contributed by atoms with Gasteiger partial charge in [-0.05, 0) is 24.6 Å². The molecule has 0 fully saturated rings. The molecular weight excluding hydrogens is 272 g/mol. The van der Waals surface area contributed by atoms with Crippen LogP contribution in [0.15, 0.2) is 16.6 Å². The van der Waals surface area contributed by atoms with Crippen molar-refractivity contribution in [3.8, 4) is 5.75 Å². The summed E-state index contributed by atoms with van der Waals surface area (Å²) in [6.45, 7) is 3.24. The standard InChI is InChI=1S/C12H17BrO3/c1-9-6-11(13)7-10(8-14)12(9)16-5-3-4-15-2/h6-7,14H,3-5,8H2,1-2H3. The third-order valence-corrected chi connectivity index (χ3v) is 2.68. The number of aliphatic hydroxyl groups excluding tert-OH is 1. The van der Waals surface area contributed by atoms with Gasteiger partial charge < -0.3 is 14.6 Å². The van der Waals surface area contributed by atoms with Gasteiger partial charge in [-0.25, -0.2) is 0 Å². The van der Waals surface area contributed by atoms with Crippen LogP contribution in [-0.2, 0) is 11.3 Å². The van der Waals surface area contributed by atoms with Crippen LogP contribution in [0.3, 0.4) is 0 Å². The van der Waals surface area contributed by atoms with E-state index in [1.807, 2.05) is 19.1 Å². The molecule has 0 aliphatic rings. The van der Waals surface area contributed by atoms with E-state index in [9.17, 15) is 5.11 Å². The number of rotatable bonds is 6. The normalized spacial score (nSPS) is 10.5. The quantitative estimate of drug-likeness (QED) is 0.818. The molecule has 0 aromatic heterocycles. The number of hydrogen-bond acceptors (Lipinski definition) is 3. The molecule has 1 aromatic carbocycles. The maximum atomic E-state index is 9.24. The van der Waals surface area contributed by atoms with Crippen LogP contribution < -0.4 is 4.74 Å². The fraction of sp³-hybridized carbons (Fsp3) is 0.500. The average molecular weight is 289 g/mol. The Morgan fingerprint density at radius 2 is 2.06 bits per heavy atom. The van der Waals surface area contributed by atoms with Crippen LogP contribution in [0.5, 0.6) is 5.75 Å². The first-order chi connectivity index (χ1) is 7.69. The van der Waals surface area contributed by atoms with Gasteiger partial charge in [0.25, 0.3) is 0 Å². The third kappa shape index (κ3) is 3.77. The molecule has 0 amide bonds. The summed E-state index contributed by atoms with van der Waals surface area (Å²) in [7, 11) is 1.67. The Balaban J connectivity index is 2.70. The molecule has 0 radical (unpaired) electrons. The van der Waals surface area contributed by atoms with Crippen molar-refractivity contribution < 1.29 is 14.6 Å². The summed E-state index contributed by atoms with van der Waals surface area (Å²) in [6.07, 6.45) is 0.844. The minimum Gasteiger partial charge on any atom is -0.493 e. The Bertz CT molecular complexity index is 339. The summed E-state index contributed by atoms with van der Waals surface area (Å²) >= 11 is 3.39. The van der Waals surface area contributed by atoms with Crippen molar-refractivity contribution in [1.82, 2.24) is 0 Å². The number of aryl methyl sites for hydroxylation is 1. The predicted octanol–water partition coefficient (Wildman–Crippen LogP) is 2.67. The van der Waals surface area contributed by atoms with Crippen LogP contribution in [-0.4, -0.2) is 25.4 Å².